The third kappa shape index (κ3) is 3.98. The van der Waals surface area contributed by atoms with Gasteiger partial charge in [0.2, 0.25) is 0 Å². The van der Waals surface area contributed by atoms with Crippen LogP contribution in [0.4, 0.5) is 4.79 Å². The Hall–Kier alpha value is -2.86. The van der Waals surface area contributed by atoms with E-state index in [9.17, 15) is 19.8 Å². The van der Waals surface area contributed by atoms with E-state index >= 15 is 0 Å². The molecule has 2 aliphatic carbocycles. The second kappa shape index (κ2) is 8.25. The quantitative estimate of drug-likeness (QED) is 0.720. The van der Waals surface area contributed by atoms with Gasteiger partial charge in [0.05, 0.1) is 6.10 Å². The normalized spacial score (nSPS) is 21.7. The summed E-state index contributed by atoms with van der Waals surface area (Å²) >= 11 is 0. The van der Waals surface area contributed by atoms with Gasteiger partial charge in [-0.1, -0.05) is 48.5 Å². The number of nitrogens with one attached hydrogen (secondary N) is 1. The summed E-state index contributed by atoms with van der Waals surface area (Å²) in [5.41, 5.74) is 4.50. The summed E-state index contributed by atoms with van der Waals surface area (Å²) in [7, 11) is 0. The second-order valence-corrected chi connectivity index (χ2v) is 7.85. The molecular formula is C23H25NO5. The molecule has 0 saturated heterocycles. The number of amides is 1. The Labute approximate surface area is 169 Å². The fourth-order valence-corrected chi connectivity index (χ4v) is 4.58. The maximum absolute atomic E-state index is 12.4. The number of fused-ring (bicyclic) bond motifs is 3. The third-order valence-corrected chi connectivity index (χ3v) is 6.10. The van der Waals surface area contributed by atoms with E-state index in [-0.39, 0.29) is 24.5 Å². The number of alkyl carbamates (subject to hydrolysis) is 1. The summed E-state index contributed by atoms with van der Waals surface area (Å²) in [5, 5.41) is 21.7. The number of rotatable bonds is 5. The standard InChI is InChI=1S/C23H25NO5/c25-15-11-9-14(10-12-15)21(22(26)27)24-23(28)29-13-20-18-7-3-1-5-16(18)17-6-2-4-8-19(17)20/h1-8,14-15,20-21,25H,9-13H2,(H,24,28)(H,26,27). The molecular weight excluding hydrogens is 370 g/mol. The molecule has 2 aromatic rings. The average molecular weight is 395 g/mol. The zero-order valence-corrected chi connectivity index (χ0v) is 16.1. The average Bonchev–Trinajstić information content (AvgIpc) is 3.05. The van der Waals surface area contributed by atoms with Gasteiger partial charge in [0, 0.05) is 5.92 Å². The van der Waals surface area contributed by atoms with Gasteiger partial charge in [0.15, 0.2) is 0 Å². The minimum absolute atomic E-state index is 0.0683. The van der Waals surface area contributed by atoms with Crippen LogP contribution in [0.15, 0.2) is 48.5 Å². The van der Waals surface area contributed by atoms with Gasteiger partial charge in [-0.3, -0.25) is 0 Å². The lowest BCUT2D eigenvalue weighted by molar-refractivity contribution is -0.141. The number of carbonyl (C=O) groups is 2. The van der Waals surface area contributed by atoms with Gasteiger partial charge >= 0.3 is 12.1 Å². The highest BCUT2D eigenvalue weighted by molar-refractivity contribution is 5.81. The third-order valence-electron chi connectivity index (χ3n) is 6.10. The lowest BCUT2D eigenvalue weighted by atomic mass is 9.82. The fourth-order valence-electron chi connectivity index (χ4n) is 4.58. The van der Waals surface area contributed by atoms with Gasteiger partial charge in [0.25, 0.3) is 0 Å². The first-order valence-electron chi connectivity index (χ1n) is 10.1. The van der Waals surface area contributed by atoms with Crippen molar-refractivity contribution >= 4 is 12.1 Å². The van der Waals surface area contributed by atoms with E-state index in [4.69, 9.17) is 4.74 Å². The zero-order chi connectivity index (χ0) is 20.4. The number of hydrogen-bond acceptors (Lipinski definition) is 4. The largest absolute Gasteiger partial charge is 0.480 e. The maximum Gasteiger partial charge on any atom is 0.407 e. The van der Waals surface area contributed by atoms with Crippen LogP contribution in [0.1, 0.15) is 42.7 Å². The van der Waals surface area contributed by atoms with Gasteiger partial charge in [-0.2, -0.15) is 0 Å². The van der Waals surface area contributed by atoms with E-state index in [1.54, 1.807) is 0 Å². The Kier molecular flexibility index (Phi) is 5.53. The van der Waals surface area contributed by atoms with Gasteiger partial charge < -0.3 is 20.3 Å². The van der Waals surface area contributed by atoms with Crippen molar-refractivity contribution in [3.8, 4) is 11.1 Å². The molecule has 3 N–H and O–H groups in total. The first-order valence-corrected chi connectivity index (χ1v) is 10.1. The number of hydrogen-bond donors (Lipinski definition) is 3. The van der Waals surface area contributed by atoms with Crippen LogP contribution in [-0.2, 0) is 9.53 Å². The van der Waals surface area contributed by atoms with Crippen LogP contribution < -0.4 is 5.32 Å². The monoisotopic (exact) mass is 395 g/mol. The number of aliphatic carboxylic acids is 1. The lowest BCUT2D eigenvalue weighted by Crippen LogP contribution is -2.47. The van der Waals surface area contributed by atoms with E-state index in [0.29, 0.717) is 25.7 Å². The van der Waals surface area contributed by atoms with Crippen molar-refractivity contribution in [2.75, 3.05) is 6.61 Å². The SMILES string of the molecule is O=C(NC(C(=O)O)C1CCC(O)CC1)OCC1c2ccccc2-c2ccccc21. The molecule has 2 aromatic carbocycles. The Morgan fingerprint density at radius 1 is 0.966 bits per heavy atom. The molecule has 1 saturated carbocycles. The van der Waals surface area contributed by atoms with E-state index in [1.807, 2.05) is 36.4 Å². The van der Waals surface area contributed by atoms with Gasteiger partial charge in [-0.25, -0.2) is 9.59 Å². The summed E-state index contributed by atoms with van der Waals surface area (Å²) in [6.07, 6.45) is 1.16. The van der Waals surface area contributed by atoms with Crippen LogP contribution in [-0.4, -0.2) is 41.0 Å². The van der Waals surface area contributed by atoms with Crippen molar-refractivity contribution in [1.29, 1.82) is 0 Å². The van der Waals surface area contributed by atoms with Crippen LogP contribution in [0.2, 0.25) is 0 Å². The Morgan fingerprint density at radius 2 is 1.52 bits per heavy atom. The summed E-state index contributed by atoms with van der Waals surface area (Å²) < 4.78 is 5.47. The molecule has 1 atom stereocenters. The Morgan fingerprint density at radius 3 is 2.07 bits per heavy atom. The lowest BCUT2D eigenvalue weighted by Gasteiger charge is -2.30. The molecule has 152 valence electrons. The Bertz CT molecular complexity index is 858. The Balaban J connectivity index is 1.42. The minimum atomic E-state index is -1.07. The van der Waals surface area contributed by atoms with Crippen molar-refractivity contribution < 1.29 is 24.5 Å². The summed E-state index contributed by atoms with van der Waals surface area (Å²) in [4.78, 5) is 24.1. The molecule has 6 nitrogen and oxygen atoms in total. The molecule has 1 unspecified atom stereocenters. The molecule has 4 rings (SSSR count). The van der Waals surface area contributed by atoms with E-state index in [1.165, 1.54) is 0 Å². The number of carboxylic acid groups (broad SMARTS) is 1. The van der Waals surface area contributed by atoms with Gasteiger partial charge in [0.1, 0.15) is 12.6 Å². The molecule has 29 heavy (non-hydrogen) atoms. The molecule has 1 fully saturated rings. The second-order valence-electron chi connectivity index (χ2n) is 7.85. The first kappa shape index (κ1) is 19.5. The molecule has 2 aliphatic rings. The molecule has 0 radical (unpaired) electrons. The fraction of sp³-hybridized carbons (Fsp3) is 0.391. The van der Waals surface area contributed by atoms with Crippen molar-refractivity contribution in [2.24, 2.45) is 5.92 Å². The molecule has 0 aliphatic heterocycles. The van der Waals surface area contributed by atoms with Crippen LogP contribution >= 0.6 is 0 Å². The van der Waals surface area contributed by atoms with Crippen LogP contribution in [0.25, 0.3) is 11.1 Å². The summed E-state index contributed by atoms with van der Waals surface area (Å²) in [6.45, 7) is 0.148. The topological polar surface area (TPSA) is 95.9 Å². The van der Waals surface area contributed by atoms with E-state index in [0.717, 1.165) is 22.3 Å². The van der Waals surface area contributed by atoms with E-state index in [2.05, 4.69) is 17.4 Å². The molecule has 0 spiro atoms. The molecule has 0 aromatic heterocycles. The highest BCUT2D eigenvalue weighted by atomic mass is 16.5. The zero-order valence-electron chi connectivity index (χ0n) is 16.1. The smallest absolute Gasteiger partial charge is 0.407 e. The van der Waals surface area contributed by atoms with Crippen LogP contribution in [0, 0.1) is 5.92 Å². The maximum atomic E-state index is 12.4. The molecule has 0 bridgehead atoms. The minimum Gasteiger partial charge on any atom is -0.480 e. The van der Waals surface area contributed by atoms with Crippen molar-refractivity contribution in [3.05, 3.63) is 59.7 Å². The highest BCUT2D eigenvalue weighted by Crippen LogP contribution is 2.44. The number of carbonyl (C=O) groups excluding carboxylic acids is 1. The van der Waals surface area contributed by atoms with Crippen LogP contribution in [0.5, 0.6) is 0 Å². The molecule has 0 heterocycles. The van der Waals surface area contributed by atoms with Crippen molar-refractivity contribution in [1.82, 2.24) is 5.32 Å². The number of benzene rings is 2. The number of aliphatic hydroxyl groups is 1. The first-order chi connectivity index (χ1) is 14.0. The van der Waals surface area contributed by atoms with Gasteiger partial charge in [-0.05, 0) is 53.9 Å². The predicted molar refractivity (Wildman–Crippen MR) is 108 cm³/mol. The number of ether oxygens (including phenoxy) is 1. The molecule has 6 heteroatoms. The van der Waals surface area contributed by atoms with Crippen molar-refractivity contribution in [2.45, 2.75) is 43.7 Å². The van der Waals surface area contributed by atoms with E-state index < -0.39 is 18.1 Å². The number of carboxylic acids is 1. The number of aliphatic hydroxyl groups excluding tert-OH is 1. The van der Waals surface area contributed by atoms with Gasteiger partial charge in [-0.15, -0.1) is 0 Å². The molecule has 1 amide bonds. The van der Waals surface area contributed by atoms with Crippen LogP contribution in [0.3, 0.4) is 0 Å². The summed E-state index contributed by atoms with van der Waals surface area (Å²) in [6, 6.07) is 15.1. The van der Waals surface area contributed by atoms with Crippen molar-refractivity contribution in [3.63, 3.8) is 0 Å². The predicted octanol–water partition coefficient (Wildman–Crippen LogP) is 3.53. The highest BCUT2D eigenvalue weighted by Gasteiger charge is 2.34. The summed E-state index contributed by atoms with van der Waals surface area (Å²) in [5.74, 6) is -1.34.